The van der Waals surface area contributed by atoms with E-state index < -0.39 is 11.4 Å². The van der Waals surface area contributed by atoms with Crippen LogP contribution in [-0.2, 0) is 0 Å². The summed E-state index contributed by atoms with van der Waals surface area (Å²) in [5.74, 6) is -2.08. The number of hydrogen-bond acceptors (Lipinski definition) is 3. The van der Waals surface area contributed by atoms with Crippen LogP contribution in [0.5, 0.6) is 0 Å². The third kappa shape index (κ3) is 1.93. The van der Waals surface area contributed by atoms with Crippen molar-refractivity contribution in [3.05, 3.63) is 6.92 Å². The van der Waals surface area contributed by atoms with Gasteiger partial charge in [-0.05, 0) is 20.8 Å². The van der Waals surface area contributed by atoms with Gasteiger partial charge in [-0.15, -0.1) is 0 Å². The van der Waals surface area contributed by atoms with Gasteiger partial charge in [0.25, 0.3) is 0 Å². The fourth-order valence-electron chi connectivity index (χ4n) is 0.306. The quantitative estimate of drug-likeness (QED) is 0.452. The van der Waals surface area contributed by atoms with Crippen LogP contribution in [0.25, 0.3) is 0 Å². The minimum atomic E-state index is -2.08. The summed E-state index contributed by atoms with van der Waals surface area (Å²) in [6, 6.07) is 0. The third-order valence-electron chi connectivity index (χ3n) is 1.33. The monoisotopic (exact) mass is 133 g/mol. The van der Waals surface area contributed by atoms with E-state index >= 15 is 0 Å². The first-order valence-corrected chi connectivity index (χ1v) is 2.77. The highest BCUT2D eigenvalue weighted by Gasteiger charge is 2.38. The highest BCUT2D eigenvalue weighted by molar-refractivity contribution is 4.83. The van der Waals surface area contributed by atoms with Gasteiger partial charge in [0.15, 0.2) is 5.79 Å². The van der Waals surface area contributed by atoms with Gasteiger partial charge >= 0.3 is 0 Å². The van der Waals surface area contributed by atoms with Gasteiger partial charge in [0.1, 0.15) is 5.60 Å². The predicted octanol–water partition coefficient (Wildman–Crippen LogP) is -0.338. The van der Waals surface area contributed by atoms with E-state index in [-0.39, 0.29) is 6.42 Å². The van der Waals surface area contributed by atoms with Crippen molar-refractivity contribution < 1.29 is 15.3 Å². The first-order valence-electron chi connectivity index (χ1n) is 2.77. The summed E-state index contributed by atoms with van der Waals surface area (Å²) < 4.78 is 0. The Morgan fingerprint density at radius 1 is 1.22 bits per heavy atom. The molecular formula is C6H13O3. The van der Waals surface area contributed by atoms with Crippen molar-refractivity contribution in [1.29, 1.82) is 0 Å². The second-order valence-electron chi connectivity index (χ2n) is 2.63. The molecule has 0 atom stereocenters. The number of aliphatic hydroxyl groups is 3. The van der Waals surface area contributed by atoms with E-state index in [1.54, 1.807) is 0 Å². The molecule has 0 bridgehead atoms. The average molecular weight is 133 g/mol. The molecule has 0 aromatic rings. The van der Waals surface area contributed by atoms with Gasteiger partial charge in [0.2, 0.25) is 0 Å². The van der Waals surface area contributed by atoms with E-state index in [1.807, 2.05) is 0 Å². The van der Waals surface area contributed by atoms with Gasteiger partial charge in [-0.3, -0.25) is 0 Å². The topological polar surface area (TPSA) is 60.7 Å². The fourth-order valence-corrected chi connectivity index (χ4v) is 0.306. The molecule has 0 spiro atoms. The molecule has 3 N–H and O–H groups in total. The lowest BCUT2D eigenvalue weighted by molar-refractivity contribution is -0.259. The maximum atomic E-state index is 9.01. The van der Waals surface area contributed by atoms with E-state index in [9.17, 15) is 0 Å². The predicted molar refractivity (Wildman–Crippen MR) is 33.4 cm³/mol. The normalized spacial score (nSPS) is 14.0. The van der Waals surface area contributed by atoms with Gasteiger partial charge in [-0.1, -0.05) is 0 Å². The molecule has 0 saturated heterocycles. The lowest BCUT2D eigenvalue weighted by Crippen LogP contribution is -2.49. The van der Waals surface area contributed by atoms with E-state index in [1.165, 1.54) is 13.8 Å². The van der Waals surface area contributed by atoms with Gasteiger partial charge in [0.05, 0.1) is 0 Å². The maximum Gasteiger partial charge on any atom is 0.191 e. The maximum absolute atomic E-state index is 9.01. The summed E-state index contributed by atoms with van der Waals surface area (Å²) in [4.78, 5) is 0. The van der Waals surface area contributed by atoms with Gasteiger partial charge in [0, 0.05) is 6.42 Å². The van der Waals surface area contributed by atoms with E-state index in [4.69, 9.17) is 15.3 Å². The largest absolute Gasteiger partial charge is 0.385 e. The number of rotatable bonds is 2. The molecule has 0 amide bonds. The minimum absolute atomic E-state index is 0.128. The zero-order valence-corrected chi connectivity index (χ0v) is 5.76. The van der Waals surface area contributed by atoms with Crippen molar-refractivity contribution in [2.75, 3.05) is 0 Å². The van der Waals surface area contributed by atoms with Crippen LogP contribution in [0.4, 0.5) is 0 Å². The Labute approximate surface area is 54.9 Å². The highest BCUT2D eigenvalue weighted by Crippen LogP contribution is 2.20. The standard InChI is InChI=1S/C6H13O3/c1-4-6(8,9)5(2,3)7/h7-9H,1,4H2,2-3H3. The van der Waals surface area contributed by atoms with Gasteiger partial charge < -0.3 is 15.3 Å². The molecule has 3 heteroatoms. The Balaban J connectivity index is 4.14. The number of hydrogen-bond donors (Lipinski definition) is 3. The van der Waals surface area contributed by atoms with Gasteiger partial charge in [-0.25, -0.2) is 0 Å². The Morgan fingerprint density at radius 3 is 1.56 bits per heavy atom. The van der Waals surface area contributed by atoms with E-state index in [0.29, 0.717) is 0 Å². The van der Waals surface area contributed by atoms with Crippen molar-refractivity contribution in [1.82, 2.24) is 0 Å². The summed E-state index contributed by atoms with van der Waals surface area (Å²) in [7, 11) is 0. The molecular weight excluding hydrogens is 120 g/mol. The van der Waals surface area contributed by atoms with Crippen molar-refractivity contribution >= 4 is 0 Å². The molecule has 0 aliphatic rings. The van der Waals surface area contributed by atoms with Gasteiger partial charge in [-0.2, -0.15) is 0 Å². The molecule has 1 radical (unpaired) electrons. The summed E-state index contributed by atoms with van der Waals surface area (Å²) in [5, 5.41) is 26.8. The second kappa shape index (κ2) is 2.25. The molecule has 0 aromatic heterocycles. The Hall–Kier alpha value is -0.120. The molecule has 9 heavy (non-hydrogen) atoms. The average Bonchev–Trinajstić information content (AvgIpc) is 1.64. The van der Waals surface area contributed by atoms with Crippen molar-refractivity contribution in [2.24, 2.45) is 0 Å². The van der Waals surface area contributed by atoms with E-state index in [0.717, 1.165) is 0 Å². The van der Waals surface area contributed by atoms with Crippen molar-refractivity contribution in [3.63, 3.8) is 0 Å². The van der Waals surface area contributed by atoms with Crippen LogP contribution in [0.1, 0.15) is 20.3 Å². The summed E-state index contributed by atoms with van der Waals surface area (Å²) in [6.07, 6.45) is -0.128. The lowest BCUT2D eigenvalue weighted by atomic mass is 9.96. The summed E-state index contributed by atoms with van der Waals surface area (Å²) in [6.45, 7) is 5.90. The molecule has 55 valence electrons. The van der Waals surface area contributed by atoms with Crippen LogP contribution in [-0.4, -0.2) is 26.7 Å². The van der Waals surface area contributed by atoms with Crippen LogP contribution >= 0.6 is 0 Å². The minimum Gasteiger partial charge on any atom is -0.385 e. The zero-order chi connectivity index (χ0) is 7.71. The first-order chi connectivity index (χ1) is 3.81. The SMILES string of the molecule is [CH2]CC(O)(O)C(C)(C)O. The summed E-state index contributed by atoms with van der Waals surface area (Å²) >= 11 is 0. The molecule has 0 aliphatic carbocycles. The molecule has 0 heterocycles. The lowest BCUT2D eigenvalue weighted by Gasteiger charge is -2.32. The van der Waals surface area contributed by atoms with Crippen LogP contribution in [0, 0.1) is 6.92 Å². The Morgan fingerprint density at radius 2 is 1.56 bits per heavy atom. The summed E-state index contributed by atoms with van der Waals surface area (Å²) in [5.41, 5.74) is -1.51. The molecule has 3 nitrogen and oxygen atoms in total. The first kappa shape index (κ1) is 8.88. The fraction of sp³-hybridized carbons (Fsp3) is 0.833. The van der Waals surface area contributed by atoms with E-state index in [2.05, 4.69) is 6.92 Å². The Kier molecular flexibility index (Phi) is 2.22. The third-order valence-corrected chi connectivity index (χ3v) is 1.33. The molecule has 0 aromatic carbocycles. The van der Waals surface area contributed by atoms with Crippen LogP contribution in [0.2, 0.25) is 0 Å². The van der Waals surface area contributed by atoms with Crippen LogP contribution < -0.4 is 0 Å². The van der Waals surface area contributed by atoms with Crippen LogP contribution in [0.15, 0.2) is 0 Å². The molecule has 0 unspecified atom stereocenters. The van der Waals surface area contributed by atoms with Crippen LogP contribution in [0.3, 0.4) is 0 Å². The van der Waals surface area contributed by atoms with Crippen molar-refractivity contribution in [3.8, 4) is 0 Å². The molecule has 0 aliphatic heterocycles. The highest BCUT2D eigenvalue weighted by atomic mass is 16.5. The van der Waals surface area contributed by atoms with Crippen molar-refractivity contribution in [2.45, 2.75) is 31.7 Å². The zero-order valence-electron chi connectivity index (χ0n) is 5.76. The molecule has 0 saturated carbocycles. The smallest absolute Gasteiger partial charge is 0.191 e. The second-order valence-corrected chi connectivity index (χ2v) is 2.63. The Bertz CT molecular complexity index is 91.0. The molecule has 0 rings (SSSR count). The molecule has 0 fully saturated rings.